The summed E-state index contributed by atoms with van der Waals surface area (Å²) < 4.78 is 5.83. The summed E-state index contributed by atoms with van der Waals surface area (Å²) in [5, 5.41) is 0. The second-order valence-electron chi connectivity index (χ2n) is 9.86. The summed E-state index contributed by atoms with van der Waals surface area (Å²) in [4.78, 5) is 0. The van der Waals surface area contributed by atoms with E-state index < -0.39 is 13.1 Å². The maximum atomic E-state index is 2.36. The maximum Gasteiger partial charge on any atom is 0.266 e. The third-order valence-corrected chi connectivity index (χ3v) is 12.6. The Labute approximate surface area is 219 Å². The van der Waals surface area contributed by atoms with Crippen molar-refractivity contribution in [2.45, 2.75) is 27.7 Å². The van der Waals surface area contributed by atoms with Crippen LogP contribution in [0.2, 0.25) is 0 Å². The zero-order valence-corrected chi connectivity index (χ0v) is 23.0. The second kappa shape index (κ2) is 12.0. The molecular weight excluding hydrogens is 447 g/mol. The molecule has 0 amide bonds. The molecule has 1 heteroatoms. The first-order valence-corrected chi connectivity index (χ1v) is 15.1. The van der Waals surface area contributed by atoms with Crippen LogP contribution >= 0.6 is 0 Å². The Morgan fingerprint density at radius 3 is 0.861 bits per heavy atom. The zero-order chi connectivity index (χ0) is 25.4. The van der Waals surface area contributed by atoms with Crippen LogP contribution in [0.5, 0.6) is 0 Å². The topological polar surface area (TPSA) is 0 Å². The van der Waals surface area contributed by atoms with Crippen LogP contribution < -0.4 is 17.7 Å². The molecule has 36 heavy (non-hydrogen) atoms. The predicted molar refractivity (Wildman–Crippen MR) is 160 cm³/mol. The fourth-order valence-corrected chi connectivity index (χ4v) is 10.4. The van der Waals surface area contributed by atoms with Crippen molar-refractivity contribution in [1.82, 2.24) is 0 Å². The fourth-order valence-electron chi connectivity index (χ4n) is 5.02. The quantitative estimate of drug-likeness (QED) is 0.209. The molecule has 5 aromatic rings. The van der Waals surface area contributed by atoms with Crippen molar-refractivity contribution in [1.29, 1.82) is 0 Å². The van der Waals surface area contributed by atoms with Gasteiger partial charge in [-0.3, -0.25) is 0 Å². The molecule has 0 saturated heterocycles. The summed E-state index contributed by atoms with van der Waals surface area (Å²) in [6.45, 7) is 8.67. The van der Waals surface area contributed by atoms with Gasteiger partial charge in [0, 0.05) is 42.5 Å². The van der Waals surface area contributed by atoms with Crippen molar-refractivity contribution in [3.05, 3.63) is 162 Å². The van der Waals surface area contributed by atoms with E-state index in [1.54, 1.807) is 0 Å². The highest BCUT2D eigenvalue weighted by Gasteiger charge is 2.36. The number of hydrogen-bond donors (Lipinski definition) is 0. The van der Waals surface area contributed by atoms with E-state index in [1.165, 1.54) is 40.0 Å². The van der Waals surface area contributed by atoms with Crippen molar-refractivity contribution in [2.24, 2.45) is 0 Å². The van der Waals surface area contributed by atoms with E-state index in [1.807, 2.05) is 42.5 Å². The smallest absolute Gasteiger partial charge is 0.218 e. The van der Waals surface area contributed by atoms with Gasteiger partial charge in [-0.05, 0) is 27.7 Å². The summed E-state index contributed by atoms with van der Waals surface area (Å²) in [7, 11) is 0. The average molecular weight is 483 g/mol. The minimum atomic E-state index is -2.80. The molecular formula is C35H35Al. The van der Waals surface area contributed by atoms with Crippen LogP contribution in [0.3, 0.4) is 0 Å². The minimum absolute atomic E-state index is 1.30. The Bertz CT molecular complexity index is 1130. The molecule has 0 nitrogen and oxygen atoms in total. The van der Waals surface area contributed by atoms with E-state index in [9.17, 15) is 0 Å². The van der Waals surface area contributed by atoms with E-state index in [0.29, 0.717) is 0 Å². The van der Waals surface area contributed by atoms with E-state index in [0.717, 1.165) is 0 Å². The molecule has 0 spiro atoms. The van der Waals surface area contributed by atoms with Gasteiger partial charge in [0.15, 0.2) is 0 Å². The average Bonchev–Trinajstić information content (AvgIpc) is 3.22. The molecule has 178 valence electrons. The lowest BCUT2D eigenvalue weighted by Crippen LogP contribution is -2.74. The Kier molecular flexibility index (Phi) is 8.50. The van der Waals surface area contributed by atoms with Gasteiger partial charge in [0.2, 0.25) is 0 Å². The largest absolute Gasteiger partial charge is 0.266 e. The highest BCUT2D eigenvalue weighted by atomic mass is 27.2. The van der Waals surface area contributed by atoms with Crippen LogP contribution in [0.1, 0.15) is 22.3 Å². The number of benzene rings is 4. The lowest BCUT2D eigenvalue weighted by atomic mass is 10.2. The molecule has 0 heterocycles. The molecule has 0 N–H and O–H groups in total. The summed E-state index contributed by atoms with van der Waals surface area (Å²) in [5.74, 6) is 0. The molecule has 0 atom stereocenters. The van der Waals surface area contributed by atoms with E-state index in [4.69, 9.17) is 0 Å². The first-order valence-electron chi connectivity index (χ1n) is 12.8. The van der Waals surface area contributed by atoms with Gasteiger partial charge in [0.25, 0.3) is 13.1 Å². The van der Waals surface area contributed by atoms with Gasteiger partial charge in [-0.25, -0.2) is 17.7 Å². The highest BCUT2D eigenvalue weighted by molar-refractivity contribution is 7.19. The van der Waals surface area contributed by atoms with Gasteiger partial charge in [0.05, 0.1) is 0 Å². The molecule has 0 bridgehead atoms. The van der Waals surface area contributed by atoms with Gasteiger partial charge in [-0.2, -0.15) is 0 Å². The van der Waals surface area contributed by atoms with Crippen molar-refractivity contribution < 1.29 is 0 Å². The molecule has 0 radical (unpaired) electrons. The lowest BCUT2D eigenvalue weighted by Gasteiger charge is -2.41. The molecule has 5 aromatic carbocycles. The zero-order valence-electron chi connectivity index (χ0n) is 21.9. The second-order valence-corrected chi connectivity index (χ2v) is 14.3. The third-order valence-electron chi connectivity index (χ3n) is 7.09. The van der Waals surface area contributed by atoms with Gasteiger partial charge >= 0.3 is 0 Å². The molecule has 0 unspecified atom stereocenters. The Morgan fingerprint density at radius 1 is 0.361 bits per heavy atom. The van der Waals surface area contributed by atoms with Gasteiger partial charge in [-0.15, -0.1) is 48.5 Å². The highest BCUT2D eigenvalue weighted by Crippen LogP contribution is 2.12. The molecule has 0 aliphatic carbocycles. The lowest BCUT2D eigenvalue weighted by molar-refractivity contribution is 1.46. The molecule has 5 rings (SSSR count). The first-order chi connectivity index (χ1) is 17.5. The number of hydrogen-bond acceptors (Lipinski definition) is 0. The molecule has 0 aromatic heterocycles. The fraction of sp³-hybridized carbons (Fsp3) is 0.114. The normalized spacial score (nSPS) is 10.8. The standard InChI is InChI=1S/5C7H7.Al/c4*1-7-5-3-2-4-6-7;1-2-4-6-7-5-3-1;/h4*3-6H,1H3;1-7H;/q;;;;+1;-1. The molecule has 0 aliphatic rings. The van der Waals surface area contributed by atoms with Crippen LogP contribution in [-0.4, -0.2) is 13.1 Å². The number of aryl methyl sites for hydroxylation is 4. The molecule has 0 saturated carbocycles. The Morgan fingerprint density at radius 2 is 0.611 bits per heavy atom. The Hall–Kier alpha value is -3.50. The first kappa shape index (κ1) is 25.6. The van der Waals surface area contributed by atoms with Crippen molar-refractivity contribution in [3.63, 3.8) is 0 Å². The minimum Gasteiger partial charge on any atom is -0.218 e. The Balaban J connectivity index is 0.000000375. The van der Waals surface area contributed by atoms with Crippen molar-refractivity contribution in [3.8, 4) is 0 Å². The predicted octanol–water partition coefficient (Wildman–Crippen LogP) is 6.27. The number of rotatable bonds is 4. The van der Waals surface area contributed by atoms with E-state index >= 15 is 0 Å². The summed E-state index contributed by atoms with van der Waals surface area (Å²) in [5.41, 5.74) is 5.22. The maximum absolute atomic E-state index is 2.80. The van der Waals surface area contributed by atoms with Gasteiger partial charge < -0.3 is 0 Å². The third kappa shape index (κ3) is 5.83. The van der Waals surface area contributed by atoms with Crippen LogP contribution in [0.25, 0.3) is 0 Å². The van der Waals surface area contributed by atoms with Crippen LogP contribution in [-0.2, 0) is 0 Å². The van der Waals surface area contributed by atoms with E-state index in [-0.39, 0.29) is 0 Å². The van der Waals surface area contributed by atoms with Crippen LogP contribution in [0, 0.1) is 27.7 Å². The van der Waals surface area contributed by atoms with E-state index in [2.05, 4.69) is 125 Å². The van der Waals surface area contributed by atoms with Crippen LogP contribution in [0.15, 0.2) is 140 Å². The molecule has 0 aliphatic heterocycles. The van der Waals surface area contributed by atoms with Crippen molar-refractivity contribution in [2.75, 3.05) is 0 Å². The van der Waals surface area contributed by atoms with Gasteiger partial charge in [0.1, 0.15) is 0 Å². The molecule has 0 fully saturated rings. The summed E-state index contributed by atoms with van der Waals surface area (Å²) in [6, 6.07) is 51.0. The SMILES string of the molecule is Cc1cc[c]([Al-]([c]2ccc(C)cc2)([c]2ccc(C)cc2)[c]2ccc(C)cc2)cc1.c1ccc[cH+]cc1. The summed E-state index contributed by atoms with van der Waals surface area (Å²) >= 11 is -2.80. The monoisotopic (exact) mass is 482 g/mol. The summed E-state index contributed by atoms with van der Waals surface area (Å²) in [6.07, 6.45) is 0. The van der Waals surface area contributed by atoms with Crippen LogP contribution in [0.4, 0.5) is 0 Å². The van der Waals surface area contributed by atoms with Crippen molar-refractivity contribution >= 4 is 30.8 Å². The van der Waals surface area contributed by atoms with Gasteiger partial charge in [-0.1, -0.05) is 70.8 Å².